The van der Waals surface area contributed by atoms with Gasteiger partial charge in [-0.25, -0.2) is 19.9 Å². The van der Waals surface area contributed by atoms with Crippen molar-refractivity contribution in [2.45, 2.75) is 0 Å². The molecular formula is C52H32N4O. The molecule has 0 aliphatic rings. The van der Waals surface area contributed by atoms with Crippen molar-refractivity contribution in [3.63, 3.8) is 0 Å². The van der Waals surface area contributed by atoms with Crippen LogP contribution in [0, 0.1) is 0 Å². The summed E-state index contributed by atoms with van der Waals surface area (Å²) in [6.07, 6.45) is 0. The Labute approximate surface area is 328 Å². The van der Waals surface area contributed by atoms with Crippen LogP contribution in [-0.4, -0.2) is 19.9 Å². The van der Waals surface area contributed by atoms with Gasteiger partial charge in [-0.2, -0.15) is 0 Å². The maximum Gasteiger partial charge on any atom is 0.164 e. The van der Waals surface area contributed by atoms with Gasteiger partial charge < -0.3 is 4.42 Å². The highest BCUT2D eigenvalue weighted by Gasteiger charge is 2.22. The summed E-state index contributed by atoms with van der Waals surface area (Å²) < 4.78 is 6.59. The Kier molecular flexibility index (Phi) is 7.74. The topological polar surface area (TPSA) is 64.7 Å². The lowest BCUT2D eigenvalue weighted by Gasteiger charge is -2.16. The van der Waals surface area contributed by atoms with E-state index in [0.717, 1.165) is 93.8 Å². The predicted molar refractivity (Wildman–Crippen MR) is 233 cm³/mol. The molecule has 3 heterocycles. The van der Waals surface area contributed by atoms with Crippen LogP contribution in [-0.2, 0) is 0 Å². The third-order valence-electron chi connectivity index (χ3n) is 10.7. The molecule has 0 saturated heterocycles. The molecule has 0 radical (unpaired) electrons. The van der Waals surface area contributed by atoms with Gasteiger partial charge in [0.1, 0.15) is 11.2 Å². The lowest BCUT2D eigenvalue weighted by molar-refractivity contribution is 0.669. The summed E-state index contributed by atoms with van der Waals surface area (Å²) in [5.41, 5.74) is 11.9. The number of benzene rings is 8. The predicted octanol–water partition coefficient (Wildman–Crippen LogP) is 13.5. The van der Waals surface area contributed by atoms with E-state index >= 15 is 0 Å². The average Bonchev–Trinajstić information content (AvgIpc) is 3.67. The summed E-state index contributed by atoms with van der Waals surface area (Å²) in [4.78, 5) is 20.1. The zero-order valence-electron chi connectivity index (χ0n) is 30.7. The molecule has 0 unspecified atom stereocenters. The second-order valence-electron chi connectivity index (χ2n) is 14.2. The number of furan rings is 1. The van der Waals surface area contributed by atoms with Gasteiger partial charge in [-0.15, -0.1) is 0 Å². The summed E-state index contributed by atoms with van der Waals surface area (Å²) in [6.45, 7) is 0. The van der Waals surface area contributed by atoms with Crippen LogP contribution < -0.4 is 0 Å². The van der Waals surface area contributed by atoms with Crippen molar-refractivity contribution in [3.05, 3.63) is 194 Å². The van der Waals surface area contributed by atoms with Gasteiger partial charge in [0.2, 0.25) is 0 Å². The molecule has 0 N–H and O–H groups in total. The number of pyridine rings is 1. The molecule has 8 aromatic carbocycles. The quantitative estimate of drug-likeness (QED) is 0.160. The number of hydrogen-bond acceptors (Lipinski definition) is 5. The van der Waals surface area contributed by atoms with Crippen molar-refractivity contribution < 1.29 is 4.42 Å². The van der Waals surface area contributed by atoms with Crippen LogP contribution in [0.4, 0.5) is 0 Å². The fourth-order valence-electron chi connectivity index (χ4n) is 8.03. The Hall–Kier alpha value is -7.76. The van der Waals surface area contributed by atoms with Gasteiger partial charge in [0, 0.05) is 54.7 Å². The zero-order chi connectivity index (χ0) is 37.7. The summed E-state index contributed by atoms with van der Waals surface area (Å²) in [7, 11) is 0. The van der Waals surface area contributed by atoms with Crippen LogP contribution in [0.2, 0.25) is 0 Å². The van der Waals surface area contributed by atoms with Gasteiger partial charge >= 0.3 is 0 Å². The van der Waals surface area contributed by atoms with Crippen molar-refractivity contribution in [2.24, 2.45) is 0 Å². The third-order valence-corrected chi connectivity index (χ3v) is 10.7. The van der Waals surface area contributed by atoms with Crippen LogP contribution in [0.3, 0.4) is 0 Å². The van der Waals surface area contributed by atoms with E-state index in [9.17, 15) is 0 Å². The van der Waals surface area contributed by atoms with E-state index in [1.54, 1.807) is 0 Å². The first-order valence-electron chi connectivity index (χ1n) is 19.1. The van der Waals surface area contributed by atoms with E-state index < -0.39 is 0 Å². The first-order chi connectivity index (χ1) is 28.2. The van der Waals surface area contributed by atoms with Gasteiger partial charge in [0.25, 0.3) is 0 Å². The minimum absolute atomic E-state index is 0.626. The highest BCUT2D eigenvalue weighted by atomic mass is 16.3. The Balaban J connectivity index is 1.06. The number of para-hydroxylation sites is 2. The molecule has 11 aromatic rings. The molecule has 0 aliphatic heterocycles. The monoisotopic (exact) mass is 728 g/mol. The minimum atomic E-state index is 0.626. The Morgan fingerprint density at radius 3 is 1.47 bits per heavy atom. The molecular weight excluding hydrogens is 697 g/mol. The normalized spacial score (nSPS) is 11.5. The number of aromatic nitrogens is 4. The van der Waals surface area contributed by atoms with Gasteiger partial charge in [-0.1, -0.05) is 170 Å². The van der Waals surface area contributed by atoms with Gasteiger partial charge in [0.05, 0.1) is 11.2 Å². The second-order valence-corrected chi connectivity index (χ2v) is 14.2. The molecule has 0 fully saturated rings. The Morgan fingerprint density at radius 2 is 0.807 bits per heavy atom. The number of nitrogens with zero attached hydrogens (tertiary/aromatic N) is 4. The van der Waals surface area contributed by atoms with Crippen molar-refractivity contribution in [3.8, 4) is 67.7 Å². The summed E-state index contributed by atoms with van der Waals surface area (Å²) in [5.74, 6) is 1.91. The molecule has 5 heteroatoms. The first kappa shape index (κ1) is 32.7. The van der Waals surface area contributed by atoms with E-state index in [0.29, 0.717) is 17.5 Å². The molecule has 0 bridgehead atoms. The van der Waals surface area contributed by atoms with Crippen molar-refractivity contribution in [1.82, 2.24) is 19.9 Å². The largest absolute Gasteiger partial charge is 0.456 e. The standard InChI is InChI=1S/C52H32N4O/c1-4-15-34(16-5-1)46-47-40-23-10-12-25-43(40)53-49(42(47)32-45-48(46)41-24-11-13-26-44(41)57-45)39-22-14-21-38(31-39)33-27-29-37(30-28-33)52-55-50(35-17-6-2-7-18-35)54-51(56-52)36-19-8-3-9-20-36/h1-32H. The molecule has 0 amide bonds. The summed E-state index contributed by atoms with van der Waals surface area (Å²) >= 11 is 0. The molecule has 11 rings (SSSR count). The number of hydrogen-bond donors (Lipinski definition) is 0. The number of fused-ring (bicyclic) bond motifs is 6. The van der Waals surface area contributed by atoms with Gasteiger partial charge in [-0.05, 0) is 41.0 Å². The summed E-state index contributed by atoms with van der Waals surface area (Å²) in [5, 5.41) is 5.54. The van der Waals surface area contributed by atoms with Crippen LogP contribution in [0.15, 0.2) is 199 Å². The fourth-order valence-corrected chi connectivity index (χ4v) is 8.03. The Bertz CT molecular complexity index is 3210. The molecule has 266 valence electrons. The smallest absolute Gasteiger partial charge is 0.164 e. The van der Waals surface area contributed by atoms with E-state index in [1.807, 2.05) is 72.8 Å². The maximum atomic E-state index is 6.59. The molecule has 5 nitrogen and oxygen atoms in total. The SMILES string of the molecule is c1ccc(-c2nc(-c3ccccc3)nc(-c3ccc(-c4cccc(-c5nc6ccccc6c6c(-c7ccccc7)c7c(cc56)oc5ccccc57)c4)cc3)n2)cc1. The second kappa shape index (κ2) is 13.5. The van der Waals surface area contributed by atoms with Gasteiger partial charge in [-0.3, -0.25) is 0 Å². The van der Waals surface area contributed by atoms with E-state index in [2.05, 4.69) is 121 Å². The van der Waals surface area contributed by atoms with Crippen molar-refractivity contribution >= 4 is 43.6 Å². The molecule has 3 aromatic heterocycles. The molecule has 57 heavy (non-hydrogen) atoms. The molecule has 0 saturated carbocycles. The third kappa shape index (κ3) is 5.72. The summed E-state index contributed by atoms with van der Waals surface area (Å²) in [6, 6.07) is 66.9. The van der Waals surface area contributed by atoms with E-state index in [1.165, 1.54) is 0 Å². The Morgan fingerprint density at radius 1 is 0.298 bits per heavy atom. The lowest BCUT2D eigenvalue weighted by atomic mass is 9.89. The molecule has 0 atom stereocenters. The highest BCUT2D eigenvalue weighted by Crippen LogP contribution is 2.46. The van der Waals surface area contributed by atoms with Gasteiger partial charge in [0.15, 0.2) is 17.5 Å². The van der Waals surface area contributed by atoms with E-state index in [-0.39, 0.29) is 0 Å². The minimum Gasteiger partial charge on any atom is -0.456 e. The van der Waals surface area contributed by atoms with E-state index in [4.69, 9.17) is 24.4 Å². The maximum absolute atomic E-state index is 6.59. The fraction of sp³-hybridized carbons (Fsp3) is 0. The van der Waals surface area contributed by atoms with Crippen molar-refractivity contribution in [2.75, 3.05) is 0 Å². The lowest BCUT2D eigenvalue weighted by Crippen LogP contribution is -2.00. The van der Waals surface area contributed by atoms with Crippen LogP contribution >= 0.6 is 0 Å². The van der Waals surface area contributed by atoms with Crippen LogP contribution in [0.1, 0.15) is 0 Å². The number of rotatable bonds is 6. The average molecular weight is 729 g/mol. The van der Waals surface area contributed by atoms with Crippen LogP contribution in [0.25, 0.3) is 111 Å². The van der Waals surface area contributed by atoms with Crippen LogP contribution in [0.5, 0.6) is 0 Å². The first-order valence-corrected chi connectivity index (χ1v) is 19.1. The van der Waals surface area contributed by atoms with Crippen molar-refractivity contribution in [1.29, 1.82) is 0 Å². The molecule has 0 aliphatic carbocycles. The molecule has 0 spiro atoms. The highest BCUT2D eigenvalue weighted by molar-refractivity contribution is 6.27. The zero-order valence-corrected chi connectivity index (χ0v) is 30.7.